The van der Waals surface area contributed by atoms with Crippen LogP contribution in [0, 0.1) is 6.92 Å². The fraction of sp³-hybridized carbons (Fsp3) is 0.227. The third kappa shape index (κ3) is 4.97. The van der Waals surface area contributed by atoms with E-state index in [0.717, 1.165) is 23.1 Å². The number of alkyl halides is 3. The first-order valence-corrected chi connectivity index (χ1v) is 11.8. The molecule has 3 rings (SSSR count). The van der Waals surface area contributed by atoms with Crippen LogP contribution in [0.5, 0.6) is 0 Å². The third-order valence-corrected chi connectivity index (χ3v) is 7.24. The molecule has 2 aromatic carbocycles. The molecule has 32 heavy (non-hydrogen) atoms. The number of rotatable bonds is 6. The van der Waals surface area contributed by atoms with Crippen LogP contribution in [0.2, 0.25) is 0 Å². The Labute approximate surface area is 187 Å². The van der Waals surface area contributed by atoms with Crippen LogP contribution >= 0.6 is 11.3 Å². The molecule has 0 aliphatic carbocycles. The van der Waals surface area contributed by atoms with Crippen molar-refractivity contribution in [2.75, 3.05) is 11.8 Å². The van der Waals surface area contributed by atoms with E-state index >= 15 is 0 Å². The van der Waals surface area contributed by atoms with Crippen LogP contribution in [0.15, 0.2) is 53.4 Å². The van der Waals surface area contributed by atoms with Crippen molar-refractivity contribution < 1.29 is 31.1 Å². The molecule has 0 unspecified atom stereocenters. The Kier molecular flexibility index (Phi) is 6.66. The van der Waals surface area contributed by atoms with Gasteiger partial charge in [-0.25, -0.2) is 13.2 Å². The normalized spacial score (nSPS) is 11.9. The fourth-order valence-corrected chi connectivity index (χ4v) is 5.46. The predicted octanol–water partition coefficient (Wildman–Crippen LogP) is 5.89. The fourth-order valence-electron chi connectivity index (χ4n) is 3.14. The first kappa shape index (κ1) is 23.8. The number of aryl methyl sites for hydroxylation is 2. The largest absolute Gasteiger partial charge is 0.465 e. The summed E-state index contributed by atoms with van der Waals surface area (Å²) in [6, 6.07) is 10.5. The maximum atomic E-state index is 13.3. The van der Waals surface area contributed by atoms with Gasteiger partial charge >= 0.3 is 12.1 Å². The molecule has 0 amide bonds. The van der Waals surface area contributed by atoms with E-state index in [9.17, 15) is 26.4 Å². The number of carbonyl (C=O) groups excluding carboxylic acids is 1. The number of ether oxygens (including phenoxy) is 1. The predicted molar refractivity (Wildman–Crippen MR) is 117 cm³/mol. The van der Waals surface area contributed by atoms with E-state index < -0.39 is 27.7 Å². The first-order valence-electron chi connectivity index (χ1n) is 9.48. The molecule has 0 bridgehead atoms. The number of nitrogens with one attached hydrogen (secondary N) is 1. The topological polar surface area (TPSA) is 72.5 Å². The van der Waals surface area contributed by atoms with Gasteiger partial charge in [-0.05, 0) is 55.3 Å². The molecule has 0 fully saturated rings. The van der Waals surface area contributed by atoms with Crippen molar-refractivity contribution in [3.05, 3.63) is 70.1 Å². The van der Waals surface area contributed by atoms with Crippen molar-refractivity contribution in [3.63, 3.8) is 0 Å². The highest BCUT2D eigenvalue weighted by Crippen LogP contribution is 2.39. The molecular weight excluding hydrogens is 463 g/mol. The van der Waals surface area contributed by atoms with Gasteiger partial charge in [0.1, 0.15) is 0 Å². The number of sulfonamides is 1. The standard InChI is InChI=1S/C22H20F3NO4S2/c1-4-14-6-7-15(21(27)30-3)11-20(14)32(28,29)26-18-12-16(22(23,24)25)8-9-17(18)19-10-5-13(2)31-19/h5-12,26H,4H2,1-3H3. The SMILES string of the molecule is CCc1ccc(C(=O)OC)cc1S(=O)(=O)Nc1cc(C(F)(F)F)ccc1-c1ccc(C)s1. The van der Waals surface area contributed by atoms with E-state index in [-0.39, 0.29) is 16.1 Å². The van der Waals surface area contributed by atoms with Crippen LogP contribution in [0.25, 0.3) is 10.4 Å². The summed E-state index contributed by atoms with van der Waals surface area (Å²) in [4.78, 5) is 13.2. The average molecular weight is 484 g/mol. The summed E-state index contributed by atoms with van der Waals surface area (Å²) in [5.74, 6) is -0.724. The quantitative estimate of drug-likeness (QED) is 0.444. The average Bonchev–Trinajstić information content (AvgIpc) is 3.17. The van der Waals surface area contributed by atoms with Gasteiger partial charge in [0.25, 0.3) is 10.0 Å². The molecule has 5 nitrogen and oxygen atoms in total. The van der Waals surface area contributed by atoms with E-state index in [1.165, 1.54) is 36.6 Å². The van der Waals surface area contributed by atoms with Crippen LogP contribution in [0.4, 0.5) is 18.9 Å². The molecule has 0 aliphatic rings. The van der Waals surface area contributed by atoms with Gasteiger partial charge in [-0.3, -0.25) is 4.72 Å². The lowest BCUT2D eigenvalue weighted by atomic mass is 10.1. The van der Waals surface area contributed by atoms with Gasteiger partial charge in [0, 0.05) is 15.3 Å². The summed E-state index contributed by atoms with van der Waals surface area (Å²) in [5.41, 5.74) is -0.436. The van der Waals surface area contributed by atoms with Crippen LogP contribution in [-0.2, 0) is 27.4 Å². The molecule has 10 heteroatoms. The highest BCUT2D eigenvalue weighted by molar-refractivity contribution is 7.92. The highest BCUT2D eigenvalue weighted by Gasteiger charge is 2.32. The number of benzene rings is 2. The molecule has 1 heterocycles. The highest BCUT2D eigenvalue weighted by atomic mass is 32.2. The molecule has 1 N–H and O–H groups in total. The molecule has 0 saturated heterocycles. The Hall–Kier alpha value is -2.85. The van der Waals surface area contributed by atoms with Crippen molar-refractivity contribution >= 4 is 33.0 Å². The van der Waals surface area contributed by atoms with E-state index in [2.05, 4.69) is 9.46 Å². The van der Waals surface area contributed by atoms with Gasteiger partial charge in [-0.15, -0.1) is 11.3 Å². The van der Waals surface area contributed by atoms with Crippen molar-refractivity contribution in [2.45, 2.75) is 31.3 Å². The number of hydrogen-bond donors (Lipinski definition) is 1. The lowest BCUT2D eigenvalue weighted by molar-refractivity contribution is -0.137. The van der Waals surface area contributed by atoms with Crippen LogP contribution < -0.4 is 4.72 Å². The molecule has 0 radical (unpaired) electrons. The van der Waals surface area contributed by atoms with Crippen LogP contribution in [0.3, 0.4) is 0 Å². The summed E-state index contributed by atoms with van der Waals surface area (Å²) in [5, 5.41) is 0. The van der Waals surface area contributed by atoms with Gasteiger partial charge in [0.2, 0.25) is 0 Å². The van der Waals surface area contributed by atoms with Crippen molar-refractivity contribution in [1.82, 2.24) is 0 Å². The minimum absolute atomic E-state index is 0.0169. The number of methoxy groups -OCH3 is 1. The van der Waals surface area contributed by atoms with Crippen LogP contribution in [0.1, 0.15) is 33.3 Å². The summed E-state index contributed by atoms with van der Waals surface area (Å²) < 4.78 is 73.5. The Bertz CT molecular complexity index is 1260. The number of halogens is 3. The van der Waals surface area contributed by atoms with Crippen molar-refractivity contribution in [2.24, 2.45) is 0 Å². The van der Waals surface area contributed by atoms with Gasteiger partial charge < -0.3 is 4.74 Å². The maximum Gasteiger partial charge on any atom is 0.416 e. The summed E-state index contributed by atoms with van der Waals surface area (Å²) in [6.07, 6.45) is -4.32. The summed E-state index contributed by atoms with van der Waals surface area (Å²) in [7, 11) is -3.16. The molecular formula is C22H20F3NO4S2. The number of esters is 1. The van der Waals surface area contributed by atoms with Crippen LogP contribution in [-0.4, -0.2) is 21.5 Å². The van der Waals surface area contributed by atoms with Gasteiger partial charge in [-0.1, -0.05) is 19.1 Å². The van der Waals surface area contributed by atoms with Gasteiger partial charge in [-0.2, -0.15) is 13.2 Å². The van der Waals surface area contributed by atoms with Crippen molar-refractivity contribution in [3.8, 4) is 10.4 Å². The van der Waals surface area contributed by atoms with Gasteiger partial charge in [0.15, 0.2) is 0 Å². The monoisotopic (exact) mass is 483 g/mol. The molecule has 3 aromatic rings. The summed E-state index contributed by atoms with van der Waals surface area (Å²) >= 11 is 1.33. The molecule has 0 aliphatic heterocycles. The van der Waals surface area contributed by atoms with E-state index in [1.54, 1.807) is 19.1 Å². The number of thiophene rings is 1. The molecule has 0 atom stereocenters. The van der Waals surface area contributed by atoms with E-state index in [1.807, 2.05) is 6.92 Å². The van der Waals surface area contributed by atoms with E-state index in [4.69, 9.17) is 0 Å². The van der Waals surface area contributed by atoms with Gasteiger partial charge in [0.05, 0.1) is 28.8 Å². The smallest absolute Gasteiger partial charge is 0.416 e. The Morgan fingerprint density at radius 1 is 1.09 bits per heavy atom. The van der Waals surface area contributed by atoms with Crippen molar-refractivity contribution in [1.29, 1.82) is 0 Å². The minimum Gasteiger partial charge on any atom is -0.465 e. The Balaban J connectivity index is 2.15. The number of hydrogen-bond acceptors (Lipinski definition) is 5. The second kappa shape index (κ2) is 8.95. The number of carbonyl (C=O) groups is 1. The molecule has 170 valence electrons. The zero-order chi connectivity index (χ0) is 23.7. The Morgan fingerprint density at radius 2 is 1.81 bits per heavy atom. The lowest BCUT2D eigenvalue weighted by Crippen LogP contribution is -2.17. The molecule has 0 spiro atoms. The lowest BCUT2D eigenvalue weighted by Gasteiger charge is -2.17. The first-order chi connectivity index (χ1) is 15.0. The zero-order valence-electron chi connectivity index (χ0n) is 17.4. The molecule has 1 aromatic heterocycles. The maximum absolute atomic E-state index is 13.3. The third-order valence-electron chi connectivity index (χ3n) is 4.76. The van der Waals surface area contributed by atoms with E-state index in [0.29, 0.717) is 22.4 Å². The Morgan fingerprint density at radius 3 is 2.38 bits per heavy atom. The zero-order valence-corrected chi connectivity index (χ0v) is 19.0. The molecule has 0 saturated carbocycles. The second-order valence-electron chi connectivity index (χ2n) is 6.94. The second-order valence-corrected chi connectivity index (χ2v) is 9.88. The number of anilines is 1. The minimum atomic E-state index is -4.65. The summed E-state index contributed by atoms with van der Waals surface area (Å²) in [6.45, 7) is 3.57.